The van der Waals surface area contributed by atoms with Crippen molar-refractivity contribution in [1.82, 2.24) is 14.6 Å². The van der Waals surface area contributed by atoms with Crippen LogP contribution < -0.4 is 4.72 Å². The molecule has 2 aliphatic heterocycles. The van der Waals surface area contributed by atoms with Gasteiger partial charge in [-0.15, -0.1) is 0 Å². The summed E-state index contributed by atoms with van der Waals surface area (Å²) in [7, 11) is -3.87. The molecule has 1 spiro atoms. The Kier molecular flexibility index (Phi) is 4.52. The molecule has 5 rings (SSSR count). The molecule has 1 aromatic carbocycles. The molecule has 3 aliphatic rings. The molecule has 1 atom stereocenters. The molecular formula is C20H21ClFN3O4S. The van der Waals surface area contributed by atoms with Gasteiger partial charge in [0.1, 0.15) is 10.8 Å². The number of carbonyl (C=O) groups excluding carboxylic acids is 1. The Balaban J connectivity index is 1.29. The first-order chi connectivity index (χ1) is 14.2. The molecule has 0 saturated carbocycles. The lowest BCUT2D eigenvalue weighted by Crippen LogP contribution is -2.67. The van der Waals surface area contributed by atoms with E-state index in [1.165, 1.54) is 12.1 Å². The average Bonchev–Trinajstić information content (AvgIpc) is 3.15. The van der Waals surface area contributed by atoms with Gasteiger partial charge in [-0.1, -0.05) is 11.6 Å². The molecule has 0 radical (unpaired) electrons. The Morgan fingerprint density at radius 3 is 2.57 bits per heavy atom. The van der Waals surface area contributed by atoms with Crippen molar-refractivity contribution in [3.63, 3.8) is 0 Å². The van der Waals surface area contributed by atoms with Crippen LogP contribution in [-0.4, -0.2) is 56.6 Å². The molecule has 0 bridgehead atoms. The fourth-order valence-electron chi connectivity index (χ4n) is 4.52. The molecule has 10 heteroatoms. The molecule has 3 heterocycles. The van der Waals surface area contributed by atoms with Crippen molar-refractivity contribution in [2.24, 2.45) is 5.41 Å². The van der Waals surface area contributed by atoms with Crippen molar-refractivity contribution in [2.75, 3.05) is 26.3 Å². The lowest BCUT2D eigenvalue weighted by molar-refractivity contribution is -0.176. The van der Waals surface area contributed by atoms with Crippen molar-refractivity contribution in [1.29, 1.82) is 0 Å². The van der Waals surface area contributed by atoms with Gasteiger partial charge in [-0.3, -0.25) is 4.79 Å². The van der Waals surface area contributed by atoms with Gasteiger partial charge in [-0.25, -0.2) is 17.5 Å². The minimum absolute atomic E-state index is 0.0293. The van der Waals surface area contributed by atoms with Crippen LogP contribution in [0, 0.1) is 18.2 Å². The number of benzene rings is 1. The van der Waals surface area contributed by atoms with E-state index in [-0.39, 0.29) is 21.4 Å². The molecule has 2 fully saturated rings. The summed E-state index contributed by atoms with van der Waals surface area (Å²) in [6.45, 7) is 4.30. The summed E-state index contributed by atoms with van der Waals surface area (Å²) in [6, 6.07) is 3.89. The first kappa shape index (κ1) is 20.0. The highest BCUT2D eigenvalue weighted by Crippen LogP contribution is 2.38. The SMILES string of the molecule is Cc1[nH]c(S(=O)(=O)N[C@@H]2Cc3cc(F)c(Cl)cc3C2)cc1C(=O)N1CC2(COC2)C1. The minimum atomic E-state index is -3.87. The van der Waals surface area contributed by atoms with Crippen molar-refractivity contribution < 1.29 is 22.3 Å². The molecule has 2 aromatic rings. The summed E-state index contributed by atoms with van der Waals surface area (Å²) in [4.78, 5) is 17.3. The van der Waals surface area contributed by atoms with Crippen LogP contribution >= 0.6 is 11.6 Å². The van der Waals surface area contributed by atoms with Crippen LogP contribution in [0.15, 0.2) is 23.2 Å². The Labute approximate surface area is 178 Å². The summed E-state index contributed by atoms with van der Waals surface area (Å²) in [6.07, 6.45) is 0.810. The van der Waals surface area contributed by atoms with Gasteiger partial charge in [0.2, 0.25) is 0 Å². The van der Waals surface area contributed by atoms with Crippen molar-refractivity contribution in [3.05, 3.63) is 51.4 Å². The number of aromatic nitrogens is 1. The Morgan fingerprint density at radius 1 is 1.27 bits per heavy atom. The first-order valence-corrected chi connectivity index (χ1v) is 11.6. The number of sulfonamides is 1. The highest BCUT2D eigenvalue weighted by Gasteiger charge is 2.51. The van der Waals surface area contributed by atoms with Gasteiger partial charge in [0.25, 0.3) is 15.9 Å². The number of rotatable bonds is 4. The normalized spacial score (nSPS) is 22.0. The van der Waals surface area contributed by atoms with Gasteiger partial charge in [-0.2, -0.15) is 0 Å². The third kappa shape index (κ3) is 3.24. The molecular weight excluding hydrogens is 433 g/mol. The van der Waals surface area contributed by atoms with Crippen LogP contribution in [-0.2, 0) is 27.6 Å². The number of likely N-dealkylation sites (tertiary alicyclic amines) is 1. The van der Waals surface area contributed by atoms with Gasteiger partial charge < -0.3 is 14.6 Å². The number of carbonyl (C=O) groups is 1. The van der Waals surface area contributed by atoms with E-state index >= 15 is 0 Å². The number of nitrogens with zero attached hydrogens (tertiary/aromatic N) is 1. The second-order valence-electron chi connectivity index (χ2n) is 8.59. The zero-order valence-corrected chi connectivity index (χ0v) is 17.9. The monoisotopic (exact) mass is 453 g/mol. The number of aromatic amines is 1. The number of hydrogen-bond donors (Lipinski definition) is 2. The Bertz CT molecular complexity index is 1120. The topological polar surface area (TPSA) is 91.5 Å². The van der Waals surface area contributed by atoms with Gasteiger partial charge in [0.15, 0.2) is 0 Å². The lowest BCUT2D eigenvalue weighted by atomic mass is 9.78. The number of hydrogen-bond acceptors (Lipinski definition) is 4. The zero-order chi connectivity index (χ0) is 21.3. The molecule has 2 N–H and O–H groups in total. The molecule has 7 nitrogen and oxygen atoms in total. The predicted octanol–water partition coefficient (Wildman–Crippen LogP) is 2.03. The number of fused-ring (bicyclic) bond motifs is 1. The van der Waals surface area contributed by atoms with E-state index in [4.69, 9.17) is 16.3 Å². The van der Waals surface area contributed by atoms with Crippen LogP contribution in [0.5, 0.6) is 0 Å². The van der Waals surface area contributed by atoms with Crippen molar-refractivity contribution in [3.8, 4) is 0 Å². The Morgan fingerprint density at radius 2 is 1.93 bits per heavy atom. The standard InChI is InChI=1S/C20H21ClFN3O4S/c1-11-15(19(26)25-7-20(8-25)9-29-10-20)6-18(23-11)30(27,28)24-14-2-12-4-16(21)17(22)5-13(12)3-14/h4-6,14,23-24H,2-3,7-10H2,1H3/t14-/m0/s1. The van der Waals surface area contributed by atoms with Crippen molar-refractivity contribution in [2.45, 2.75) is 30.8 Å². The van der Waals surface area contributed by atoms with E-state index in [2.05, 4.69) is 9.71 Å². The third-order valence-corrected chi connectivity index (χ3v) is 7.90. The predicted molar refractivity (Wildman–Crippen MR) is 108 cm³/mol. The van der Waals surface area contributed by atoms with E-state index < -0.39 is 21.9 Å². The maximum atomic E-state index is 13.7. The summed E-state index contributed by atoms with van der Waals surface area (Å²) in [5.41, 5.74) is 2.54. The van der Waals surface area contributed by atoms with Crippen LogP contribution in [0.3, 0.4) is 0 Å². The van der Waals surface area contributed by atoms with Crippen molar-refractivity contribution >= 4 is 27.5 Å². The number of nitrogens with one attached hydrogen (secondary N) is 2. The zero-order valence-electron chi connectivity index (χ0n) is 16.3. The third-order valence-electron chi connectivity index (χ3n) is 6.16. The minimum Gasteiger partial charge on any atom is -0.380 e. The highest BCUT2D eigenvalue weighted by molar-refractivity contribution is 7.89. The largest absolute Gasteiger partial charge is 0.380 e. The second-order valence-corrected chi connectivity index (χ2v) is 10.7. The van der Waals surface area contributed by atoms with E-state index in [1.54, 1.807) is 17.9 Å². The average molecular weight is 454 g/mol. The number of aryl methyl sites for hydroxylation is 1. The highest BCUT2D eigenvalue weighted by atomic mass is 35.5. The molecule has 30 heavy (non-hydrogen) atoms. The van der Waals surface area contributed by atoms with Crippen LogP contribution in [0.25, 0.3) is 0 Å². The van der Waals surface area contributed by atoms with Gasteiger partial charge in [0, 0.05) is 24.8 Å². The van der Waals surface area contributed by atoms with Crippen LogP contribution in [0.4, 0.5) is 4.39 Å². The molecule has 1 aromatic heterocycles. The molecule has 0 unspecified atom stereocenters. The summed E-state index contributed by atoms with van der Waals surface area (Å²) < 4.78 is 47.3. The van der Waals surface area contributed by atoms with Gasteiger partial charge in [-0.05, 0) is 49.1 Å². The van der Waals surface area contributed by atoms with Gasteiger partial charge >= 0.3 is 0 Å². The Hall–Kier alpha value is -1.94. The summed E-state index contributed by atoms with van der Waals surface area (Å²) >= 11 is 5.83. The molecule has 1 aliphatic carbocycles. The molecule has 160 valence electrons. The maximum Gasteiger partial charge on any atom is 0.256 e. The number of amides is 1. The van der Waals surface area contributed by atoms with E-state index in [1.807, 2.05) is 0 Å². The lowest BCUT2D eigenvalue weighted by Gasteiger charge is -2.54. The molecule has 2 saturated heterocycles. The van der Waals surface area contributed by atoms with E-state index in [0.29, 0.717) is 50.4 Å². The van der Waals surface area contributed by atoms with E-state index in [9.17, 15) is 17.6 Å². The summed E-state index contributed by atoms with van der Waals surface area (Å²) in [5, 5.41) is -0.0209. The number of H-pyrrole nitrogens is 1. The number of ether oxygens (including phenoxy) is 1. The van der Waals surface area contributed by atoms with Crippen LogP contribution in [0.2, 0.25) is 5.02 Å². The smallest absolute Gasteiger partial charge is 0.256 e. The first-order valence-electron chi connectivity index (χ1n) is 9.72. The fraction of sp³-hybridized carbons (Fsp3) is 0.450. The summed E-state index contributed by atoms with van der Waals surface area (Å²) in [5.74, 6) is -0.690. The fourth-order valence-corrected chi connectivity index (χ4v) is 6.00. The quantitative estimate of drug-likeness (QED) is 0.741. The molecule has 1 amide bonds. The van der Waals surface area contributed by atoms with Gasteiger partial charge in [0.05, 0.1) is 29.2 Å². The van der Waals surface area contributed by atoms with E-state index in [0.717, 1.165) is 11.1 Å². The second kappa shape index (κ2) is 6.78. The number of halogens is 2. The van der Waals surface area contributed by atoms with Crippen LogP contribution in [0.1, 0.15) is 27.2 Å². The maximum absolute atomic E-state index is 13.7.